The highest BCUT2D eigenvalue weighted by atomic mass is 79.9. The molecule has 2 nitrogen and oxygen atoms in total. The first-order valence-electron chi connectivity index (χ1n) is 5.37. The topological polar surface area (TPSA) is 32.3 Å². The number of aliphatic hydroxyl groups excluding tert-OH is 1. The molecule has 0 bridgehead atoms. The third kappa shape index (κ3) is 3.56. The van der Waals surface area contributed by atoms with Crippen LogP contribution in [0.25, 0.3) is 0 Å². The van der Waals surface area contributed by atoms with Crippen LogP contribution in [0.3, 0.4) is 0 Å². The third-order valence-corrected chi connectivity index (χ3v) is 3.84. The van der Waals surface area contributed by atoms with Crippen LogP contribution in [-0.4, -0.2) is 11.7 Å². The molecule has 0 fully saturated rings. The van der Waals surface area contributed by atoms with Gasteiger partial charge in [0.05, 0.1) is 0 Å². The lowest BCUT2D eigenvalue weighted by Crippen LogP contribution is -2.11. The smallest absolute Gasteiger partial charge is 0.105 e. The minimum atomic E-state index is -0.450. The molecule has 1 aromatic carbocycles. The van der Waals surface area contributed by atoms with Crippen LogP contribution in [0.15, 0.2) is 40.2 Å². The van der Waals surface area contributed by atoms with Gasteiger partial charge in [0.2, 0.25) is 0 Å². The Morgan fingerprint density at radius 2 is 2.24 bits per heavy atom. The van der Waals surface area contributed by atoms with Crippen molar-refractivity contribution in [2.75, 3.05) is 11.9 Å². The van der Waals surface area contributed by atoms with E-state index in [2.05, 4.69) is 33.4 Å². The molecule has 0 aliphatic carbocycles. The number of hydrogen-bond acceptors (Lipinski definition) is 3. The van der Waals surface area contributed by atoms with Gasteiger partial charge in [-0.2, -0.15) is 0 Å². The molecule has 4 heteroatoms. The molecule has 2 aromatic rings. The van der Waals surface area contributed by atoms with Gasteiger partial charge in [-0.1, -0.05) is 22.0 Å². The molecule has 0 saturated heterocycles. The quantitative estimate of drug-likeness (QED) is 0.895. The van der Waals surface area contributed by atoms with E-state index in [4.69, 9.17) is 0 Å². The summed E-state index contributed by atoms with van der Waals surface area (Å²) in [5.74, 6) is 0. The van der Waals surface area contributed by atoms with E-state index < -0.39 is 6.10 Å². The highest BCUT2D eigenvalue weighted by Gasteiger charge is 2.08. The summed E-state index contributed by atoms with van der Waals surface area (Å²) in [6.45, 7) is 2.57. The van der Waals surface area contributed by atoms with Gasteiger partial charge < -0.3 is 10.4 Å². The van der Waals surface area contributed by atoms with Crippen LogP contribution in [0, 0.1) is 6.92 Å². The molecule has 0 saturated carbocycles. The lowest BCUT2D eigenvalue weighted by Gasteiger charge is -2.12. The molecule has 2 N–H and O–H groups in total. The Kier molecular flexibility index (Phi) is 4.20. The number of halogens is 1. The summed E-state index contributed by atoms with van der Waals surface area (Å²) >= 11 is 5.03. The van der Waals surface area contributed by atoms with Crippen molar-refractivity contribution in [1.29, 1.82) is 0 Å². The highest BCUT2D eigenvalue weighted by molar-refractivity contribution is 9.10. The summed E-state index contributed by atoms with van der Waals surface area (Å²) in [6.07, 6.45) is -0.450. The van der Waals surface area contributed by atoms with Gasteiger partial charge in [0.25, 0.3) is 0 Å². The van der Waals surface area contributed by atoms with E-state index >= 15 is 0 Å². The molecule has 90 valence electrons. The van der Waals surface area contributed by atoms with E-state index in [9.17, 15) is 5.11 Å². The molecular weight excluding hydrogens is 298 g/mol. The minimum Gasteiger partial charge on any atom is -0.386 e. The van der Waals surface area contributed by atoms with E-state index in [1.165, 1.54) is 5.56 Å². The van der Waals surface area contributed by atoms with Crippen LogP contribution in [0.4, 0.5) is 5.69 Å². The fraction of sp³-hybridized carbons (Fsp3) is 0.231. The average Bonchev–Trinajstić information content (AvgIpc) is 2.78. The zero-order valence-electron chi connectivity index (χ0n) is 9.48. The molecule has 0 aliphatic heterocycles. The number of thiophene rings is 1. The monoisotopic (exact) mass is 311 g/mol. The van der Waals surface area contributed by atoms with Crippen LogP contribution in [-0.2, 0) is 0 Å². The van der Waals surface area contributed by atoms with Crippen molar-refractivity contribution in [3.63, 3.8) is 0 Å². The minimum absolute atomic E-state index is 0.450. The van der Waals surface area contributed by atoms with E-state index in [0.29, 0.717) is 6.54 Å². The second-order valence-electron chi connectivity index (χ2n) is 3.93. The first-order chi connectivity index (χ1) is 8.15. The molecule has 1 unspecified atom stereocenters. The maximum Gasteiger partial charge on any atom is 0.105 e. The van der Waals surface area contributed by atoms with Gasteiger partial charge in [0, 0.05) is 21.6 Å². The van der Waals surface area contributed by atoms with Crippen LogP contribution < -0.4 is 5.32 Å². The molecular formula is C13H14BrNOS. The summed E-state index contributed by atoms with van der Waals surface area (Å²) < 4.78 is 1.05. The molecule has 0 amide bonds. The van der Waals surface area contributed by atoms with Crippen molar-refractivity contribution >= 4 is 33.0 Å². The van der Waals surface area contributed by atoms with Crippen molar-refractivity contribution in [2.24, 2.45) is 0 Å². The van der Waals surface area contributed by atoms with Crippen LogP contribution >= 0.6 is 27.3 Å². The summed E-state index contributed by atoms with van der Waals surface area (Å²) in [6, 6.07) is 10.0. The Balaban J connectivity index is 1.98. The predicted molar refractivity (Wildman–Crippen MR) is 76.6 cm³/mol. The normalized spacial score (nSPS) is 12.4. The van der Waals surface area contributed by atoms with Crippen LogP contribution in [0.2, 0.25) is 0 Å². The SMILES string of the molecule is Cc1cc(Br)cc(NCC(O)c2cccs2)c1. The van der Waals surface area contributed by atoms with Crippen LogP contribution in [0.5, 0.6) is 0 Å². The van der Waals surface area contributed by atoms with Crippen molar-refractivity contribution in [3.05, 3.63) is 50.6 Å². The second-order valence-corrected chi connectivity index (χ2v) is 5.82. The molecule has 1 atom stereocenters. The van der Waals surface area contributed by atoms with Gasteiger partial charge in [0.15, 0.2) is 0 Å². The first kappa shape index (κ1) is 12.6. The molecule has 0 radical (unpaired) electrons. The Morgan fingerprint density at radius 3 is 2.88 bits per heavy atom. The van der Waals surface area contributed by atoms with Crippen molar-refractivity contribution in [1.82, 2.24) is 0 Å². The second kappa shape index (κ2) is 5.67. The number of aryl methyl sites for hydroxylation is 1. The number of anilines is 1. The number of aliphatic hydroxyl groups is 1. The van der Waals surface area contributed by atoms with Gasteiger partial charge in [-0.05, 0) is 42.1 Å². The molecule has 1 aromatic heterocycles. The summed E-state index contributed by atoms with van der Waals surface area (Å²) in [5, 5.41) is 15.2. The fourth-order valence-corrected chi connectivity index (χ4v) is 2.95. The van der Waals surface area contributed by atoms with Gasteiger partial charge in [-0.25, -0.2) is 0 Å². The molecule has 0 aliphatic rings. The first-order valence-corrected chi connectivity index (χ1v) is 7.05. The number of nitrogens with one attached hydrogen (secondary N) is 1. The summed E-state index contributed by atoms with van der Waals surface area (Å²) in [7, 11) is 0. The Bertz CT molecular complexity index is 464. The zero-order valence-corrected chi connectivity index (χ0v) is 11.9. The number of benzene rings is 1. The van der Waals surface area contributed by atoms with E-state index in [1.807, 2.05) is 30.5 Å². The van der Waals surface area contributed by atoms with Gasteiger partial charge in [-0.15, -0.1) is 11.3 Å². The third-order valence-electron chi connectivity index (χ3n) is 2.41. The van der Waals surface area contributed by atoms with Gasteiger partial charge >= 0.3 is 0 Å². The summed E-state index contributed by atoms with van der Waals surface area (Å²) in [5.41, 5.74) is 2.21. The van der Waals surface area contributed by atoms with Crippen molar-refractivity contribution in [3.8, 4) is 0 Å². The van der Waals surface area contributed by atoms with E-state index in [-0.39, 0.29) is 0 Å². The standard InChI is InChI=1S/C13H14BrNOS/c1-9-5-10(14)7-11(6-9)15-8-12(16)13-3-2-4-17-13/h2-7,12,15-16H,8H2,1H3. The Hall–Kier alpha value is -0.840. The number of rotatable bonds is 4. The largest absolute Gasteiger partial charge is 0.386 e. The lowest BCUT2D eigenvalue weighted by atomic mass is 10.2. The van der Waals surface area contributed by atoms with Crippen molar-refractivity contribution in [2.45, 2.75) is 13.0 Å². The molecule has 17 heavy (non-hydrogen) atoms. The molecule has 0 spiro atoms. The Morgan fingerprint density at radius 1 is 1.41 bits per heavy atom. The van der Waals surface area contributed by atoms with Gasteiger partial charge in [-0.3, -0.25) is 0 Å². The molecule has 2 rings (SSSR count). The maximum atomic E-state index is 9.95. The van der Waals surface area contributed by atoms with E-state index in [0.717, 1.165) is 15.0 Å². The fourth-order valence-electron chi connectivity index (χ4n) is 1.63. The summed E-state index contributed by atoms with van der Waals surface area (Å²) in [4.78, 5) is 0.990. The highest BCUT2D eigenvalue weighted by Crippen LogP contribution is 2.22. The number of hydrogen-bond donors (Lipinski definition) is 2. The van der Waals surface area contributed by atoms with Crippen LogP contribution in [0.1, 0.15) is 16.5 Å². The van der Waals surface area contributed by atoms with E-state index in [1.54, 1.807) is 11.3 Å². The van der Waals surface area contributed by atoms with Crippen molar-refractivity contribution < 1.29 is 5.11 Å². The molecule has 1 heterocycles. The lowest BCUT2D eigenvalue weighted by molar-refractivity contribution is 0.195. The Labute approximate surface area is 113 Å². The average molecular weight is 312 g/mol. The predicted octanol–water partition coefficient (Wildman–Crippen LogP) is 3.96. The maximum absolute atomic E-state index is 9.95. The zero-order chi connectivity index (χ0) is 12.3. The van der Waals surface area contributed by atoms with Gasteiger partial charge in [0.1, 0.15) is 6.10 Å².